The zero-order valence-electron chi connectivity index (χ0n) is 9.70. The molecule has 0 bridgehead atoms. The minimum atomic E-state index is -0.214. The molecular formula is C13H15NO2. The van der Waals surface area contributed by atoms with Crippen molar-refractivity contribution < 1.29 is 9.59 Å². The maximum atomic E-state index is 11.3. The molecule has 1 aromatic rings. The minimum Gasteiger partial charge on any atom is -0.358 e. The third-order valence-corrected chi connectivity index (χ3v) is 2.18. The number of ketones is 2. The van der Waals surface area contributed by atoms with Crippen LogP contribution in [0.25, 0.3) is 0 Å². The lowest BCUT2D eigenvalue weighted by Crippen LogP contribution is -2.12. The van der Waals surface area contributed by atoms with E-state index in [0.717, 1.165) is 5.69 Å². The van der Waals surface area contributed by atoms with Gasteiger partial charge < -0.3 is 5.32 Å². The summed E-state index contributed by atoms with van der Waals surface area (Å²) in [7, 11) is 0. The molecule has 0 aliphatic rings. The first kappa shape index (κ1) is 12.2. The summed E-state index contributed by atoms with van der Waals surface area (Å²) in [6, 6.07) is 9.43. The highest BCUT2D eigenvalue weighted by Gasteiger charge is 2.13. The molecule has 0 aliphatic carbocycles. The molecule has 0 heterocycles. The first-order valence-electron chi connectivity index (χ1n) is 5.07. The summed E-state index contributed by atoms with van der Waals surface area (Å²) < 4.78 is 0. The van der Waals surface area contributed by atoms with Gasteiger partial charge in [-0.1, -0.05) is 18.2 Å². The smallest absolute Gasteiger partial charge is 0.165 e. The molecule has 3 heteroatoms. The topological polar surface area (TPSA) is 46.2 Å². The van der Waals surface area contributed by atoms with Crippen LogP contribution in [-0.2, 0) is 9.59 Å². The number of allylic oxidation sites excluding steroid dienone is 2. The van der Waals surface area contributed by atoms with Gasteiger partial charge in [-0.15, -0.1) is 0 Å². The van der Waals surface area contributed by atoms with Gasteiger partial charge in [0.15, 0.2) is 11.6 Å². The Hall–Kier alpha value is -1.90. The van der Waals surface area contributed by atoms with E-state index in [2.05, 4.69) is 5.32 Å². The Morgan fingerprint density at radius 2 is 1.44 bits per heavy atom. The van der Waals surface area contributed by atoms with E-state index < -0.39 is 0 Å². The molecule has 0 radical (unpaired) electrons. The predicted octanol–water partition coefficient (Wildman–Crippen LogP) is 2.55. The van der Waals surface area contributed by atoms with Gasteiger partial charge in [-0.3, -0.25) is 9.59 Å². The van der Waals surface area contributed by atoms with Crippen molar-refractivity contribution in [1.29, 1.82) is 0 Å². The summed E-state index contributed by atoms with van der Waals surface area (Å²) >= 11 is 0. The van der Waals surface area contributed by atoms with Crippen LogP contribution in [0.2, 0.25) is 0 Å². The molecule has 16 heavy (non-hydrogen) atoms. The van der Waals surface area contributed by atoms with Crippen LogP contribution in [0.4, 0.5) is 5.69 Å². The molecule has 0 aliphatic heterocycles. The van der Waals surface area contributed by atoms with Gasteiger partial charge >= 0.3 is 0 Å². The maximum absolute atomic E-state index is 11.3. The highest BCUT2D eigenvalue weighted by atomic mass is 16.1. The second-order valence-electron chi connectivity index (χ2n) is 3.60. The van der Waals surface area contributed by atoms with Crippen molar-refractivity contribution in [3.05, 3.63) is 41.6 Å². The molecule has 0 atom stereocenters. The van der Waals surface area contributed by atoms with Crippen LogP contribution in [0, 0.1) is 0 Å². The SMILES string of the molecule is CC(=O)C(C(C)=O)=C(C)Nc1ccccc1. The predicted molar refractivity (Wildman–Crippen MR) is 64.1 cm³/mol. The van der Waals surface area contributed by atoms with Crippen molar-refractivity contribution in [2.75, 3.05) is 5.32 Å². The molecule has 0 saturated heterocycles. The Labute approximate surface area is 95.2 Å². The van der Waals surface area contributed by atoms with Crippen molar-refractivity contribution in [2.24, 2.45) is 0 Å². The van der Waals surface area contributed by atoms with E-state index in [9.17, 15) is 9.59 Å². The van der Waals surface area contributed by atoms with Crippen molar-refractivity contribution in [3.63, 3.8) is 0 Å². The van der Waals surface area contributed by atoms with Crippen molar-refractivity contribution in [3.8, 4) is 0 Å². The van der Waals surface area contributed by atoms with Gasteiger partial charge in [0.2, 0.25) is 0 Å². The number of hydrogen-bond acceptors (Lipinski definition) is 3. The van der Waals surface area contributed by atoms with Crippen LogP contribution in [0.5, 0.6) is 0 Å². The lowest BCUT2D eigenvalue weighted by Gasteiger charge is -2.09. The molecule has 0 fully saturated rings. The highest BCUT2D eigenvalue weighted by molar-refractivity contribution is 6.19. The molecule has 84 valence electrons. The zero-order chi connectivity index (χ0) is 12.1. The summed E-state index contributed by atoms with van der Waals surface area (Å²) in [5.41, 5.74) is 1.68. The van der Waals surface area contributed by atoms with E-state index in [1.165, 1.54) is 13.8 Å². The van der Waals surface area contributed by atoms with Crippen LogP contribution in [0.1, 0.15) is 20.8 Å². The number of Topliss-reactive ketones (excluding diaryl/α,β-unsaturated/α-hetero) is 2. The number of para-hydroxylation sites is 1. The number of hydrogen-bond donors (Lipinski definition) is 1. The van der Waals surface area contributed by atoms with Crippen LogP contribution in [0.15, 0.2) is 41.6 Å². The summed E-state index contributed by atoms with van der Waals surface area (Å²) in [4.78, 5) is 22.6. The molecule has 0 saturated carbocycles. The van der Waals surface area contributed by atoms with Gasteiger partial charge in [-0.2, -0.15) is 0 Å². The van der Waals surface area contributed by atoms with Crippen molar-refractivity contribution in [1.82, 2.24) is 0 Å². The Morgan fingerprint density at radius 1 is 0.938 bits per heavy atom. The van der Waals surface area contributed by atoms with Gasteiger partial charge in [0.25, 0.3) is 0 Å². The number of carbonyl (C=O) groups excluding carboxylic acids is 2. The molecule has 0 amide bonds. The summed E-state index contributed by atoms with van der Waals surface area (Å²) in [6.07, 6.45) is 0. The van der Waals surface area contributed by atoms with Crippen molar-refractivity contribution in [2.45, 2.75) is 20.8 Å². The number of anilines is 1. The Morgan fingerprint density at radius 3 is 1.88 bits per heavy atom. The minimum absolute atomic E-state index is 0.214. The molecule has 3 nitrogen and oxygen atoms in total. The average molecular weight is 217 g/mol. The quantitative estimate of drug-likeness (QED) is 0.479. The van der Waals surface area contributed by atoms with Crippen LogP contribution >= 0.6 is 0 Å². The average Bonchev–Trinajstić information content (AvgIpc) is 2.17. The first-order valence-corrected chi connectivity index (χ1v) is 5.07. The largest absolute Gasteiger partial charge is 0.358 e. The maximum Gasteiger partial charge on any atom is 0.165 e. The number of benzene rings is 1. The fraction of sp³-hybridized carbons (Fsp3) is 0.231. The zero-order valence-corrected chi connectivity index (χ0v) is 9.70. The molecule has 0 spiro atoms. The first-order chi connectivity index (χ1) is 7.52. The summed E-state index contributed by atoms with van der Waals surface area (Å²) in [6.45, 7) is 4.52. The fourth-order valence-corrected chi connectivity index (χ4v) is 1.58. The third kappa shape index (κ3) is 3.05. The molecule has 0 unspecified atom stereocenters. The highest BCUT2D eigenvalue weighted by Crippen LogP contribution is 2.13. The third-order valence-electron chi connectivity index (χ3n) is 2.18. The summed E-state index contributed by atoms with van der Waals surface area (Å²) in [5.74, 6) is -0.429. The van der Waals surface area contributed by atoms with Crippen LogP contribution < -0.4 is 5.32 Å². The van der Waals surface area contributed by atoms with Crippen LogP contribution in [-0.4, -0.2) is 11.6 Å². The van der Waals surface area contributed by atoms with E-state index in [-0.39, 0.29) is 17.1 Å². The number of nitrogens with one attached hydrogen (secondary N) is 1. The molecule has 0 aromatic heterocycles. The van der Waals surface area contributed by atoms with Crippen LogP contribution in [0.3, 0.4) is 0 Å². The second-order valence-corrected chi connectivity index (χ2v) is 3.60. The van der Waals surface area contributed by atoms with Gasteiger partial charge in [0.1, 0.15) is 0 Å². The van der Waals surface area contributed by atoms with Gasteiger partial charge in [0.05, 0.1) is 5.57 Å². The van der Waals surface area contributed by atoms with Gasteiger partial charge in [0, 0.05) is 11.4 Å². The number of rotatable bonds is 4. The normalized spacial score (nSPS) is 9.44. The van der Waals surface area contributed by atoms with Crippen molar-refractivity contribution >= 4 is 17.3 Å². The summed E-state index contributed by atoms with van der Waals surface area (Å²) in [5, 5.41) is 3.04. The Kier molecular flexibility index (Phi) is 4.00. The van der Waals surface area contributed by atoms with E-state index in [1.54, 1.807) is 6.92 Å². The van der Waals surface area contributed by atoms with E-state index in [4.69, 9.17) is 0 Å². The monoisotopic (exact) mass is 217 g/mol. The van der Waals surface area contributed by atoms with E-state index >= 15 is 0 Å². The lowest BCUT2D eigenvalue weighted by atomic mass is 10.1. The van der Waals surface area contributed by atoms with Gasteiger partial charge in [-0.05, 0) is 32.9 Å². The number of carbonyl (C=O) groups is 2. The van der Waals surface area contributed by atoms with E-state index in [1.807, 2.05) is 30.3 Å². The molecule has 1 rings (SSSR count). The molecule has 1 N–H and O–H groups in total. The Balaban J connectivity index is 2.99. The molecular weight excluding hydrogens is 202 g/mol. The second kappa shape index (κ2) is 5.26. The lowest BCUT2D eigenvalue weighted by molar-refractivity contribution is -0.119. The van der Waals surface area contributed by atoms with Gasteiger partial charge in [-0.25, -0.2) is 0 Å². The van der Waals surface area contributed by atoms with E-state index in [0.29, 0.717) is 5.70 Å². The fourth-order valence-electron chi connectivity index (χ4n) is 1.58. The molecule has 1 aromatic carbocycles. The Bertz CT molecular complexity index is 417. The standard InChI is InChI=1S/C13H15NO2/c1-9(13(10(2)15)11(3)16)14-12-7-5-4-6-8-12/h4-8,14H,1-3H3.